The highest BCUT2D eigenvalue weighted by Crippen LogP contribution is 2.38. The van der Waals surface area contributed by atoms with E-state index in [2.05, 4.69) is 4.98 Å². The van der Waals surface area contributed by atoms with Gasteiger partial charge in [0.2, 0.25) is 5.91 Å². The predicted octanol–water partition coefficient (Wildman–Crippen LogP) is 4.35. The molecule has 0 aliphatic carbocycles. The van der Waals surface area contributed by atoms with Crippen LogP contribution in [0.15, 0.2) is 36.4 Å². The summed E-state index contributed by atoms with van der Waals surface area (Å²) in [6, 6.07) is 7.97. The van der Waals surface area contributed by atoms with Crippen molar-refractivity contribution in [3.8, 4) is 0 Å². The van der Waals surface area contributed by atoms with Crippen molar-refractivity contribution in [1.29, 1.82) is 0 Å². The topological polar surface area (TPSA) is 56.4 Å². The number of H-pyrrole nitrogens is 1. The van der Waals surface area contributed by atoms with E-state index >= 15 is 0 Å². The van der Waals surface area contributed by atoms with Crippen molar-refractivity contribution in [1.82, 2.24) is 9.88 Å². The number of rotatable bonds is 2. The Morgan fingerprint density at radius 3 is 2.67 bits per heavy atom. The highest BCUT2D eigenvalue weighted by molar-refractivity contribution is 6.31. The summed E-state index contributed by atoms with van der Waals surface area (Å²) in [5.74, 6) is -2.95. The quantitative estimate of drug-likeness (QED) is 0.616. The van der Waals surface area contributed by atoms with E-state index in [4.69, 9.17) is 11.6 Å². The lowest BCUT2D eigenvalue weighted by atomic mass is 9.96. The Morgan fingerprint density at radius 2 is 1.90 bits per heavy atom. The first kappa shape index (κ1) is 19.2. The van der Waals surface area contributed by atoms with Crippen molar-refractivity contribution >= 4 is 40.0 Å². The highest BCUT2D eigenvalue weighted by Gasteiger charge is 2.45. The number of carbonyl (C=O) groups is 2. The molecule has 2 atom stereocenters. The molecule has 2 amide bonds. The fourth-order valence-electron chi connectivity index (χ4n) is 4.66. The molecule has 2 aliphatic heterocycles. The van der Waals surface area contributed by atoms with Crippen molar-refractivity contribution < 1.29 is 18.4 Å². The van der Waals surface area contributed by atoms with Gasteiger partial charge < -0.3 is 4.98 Å². The summed E-state index contributed by atoms with van der Waals surface area (Å²) in [4.78, 5) is 32.1. The van der Waals surface area contributed by atoms with Gasteiger partial charge in [0.15, 0.2) is 11.6 Å². The van der Waals surface area contributed by atoms with Crippen LogP contribution in [-0.4, -0.2) is 34.3 Å². The summed E-state index contributed by atoms with van der Waals surface area (Å²) in [6.07, 6.45) is 0.715. The summed E-state index contributed by atoms with van der Waals surface area (Å²) < 4.78 is 26.9. The van der Waals surface area contributed by atoms with E-state index < -0.39 is 29.5 Å². The zero-order chi connectivity index (χ0) is 21.2. The SMILES string of the molecule is CC1c2[nH]c3ccc(Cl)cc3c2CCN1C1CC(=O)N(c2ccc(F)c(F)c2)C1=O. The number of hydrogen-bond donors (Lipinski definition) is 1. The highest BCUT2D eigenvalue weighted by atomic mass is 35.5. The molecule has 0 spiro atoms. The average Bonchev–Trinajstić information content (AvgIpc) is 3.22. The van der Waals surface area contributed by atoms with Crippen molar-refractivity contribution in [3.63, 3.8) is 0 Å². The molecule has 1 N–H and O–H groups in total. The van der Waals surface area contributed by atoms with Gasteiger partial charge in [0.25, 0.3) is 5.91 Å². The molecule has 1 aromatic heterocycles. The van der Waals surface area contributed by atoms with Crippen LogP contribution in [0.3, 0.4) is 0 Å². The number of benzene rings is 2. The Labute approximate surface area is 176 Å². The van der Waals surface area contributed by atoms with Crippen molar-refractivity contribution in [2.45, 2.75) is 31.8 Å². The van der Waals surface area contributed by atoms with Gasteiger partial charge >= 0.3 is 0 Å². The number of fused-ring (bicyclic) bond motifs is 3. The van der Waals surface area contributed by atoms with Crippen LogP contribution in [0.5, 0.6) is 0 Å². The minimum Gasteiger partial charge on any atom is -0.357 e. The number of halogens is 3. The maximum absolute atomic E-state index is 13.6. The second kappa shape index (κ2) is 6.89. The molecule has 1 fully saturated rings. The van der Waals surface area contributed by atoms with E-state index in [1.807, 2.05) is 30.0 Å². The first-order valence-corrected chi connectivity index (χ1v) is 10.1. The van der Waals surface area contributed by atoms with Crippen LogP contribution in [-0.2, 0) is 16.0 Å². The molecule has 3 heterocycles. The largest absolute Gasteiger partial charge is 0.357 e. The third-order valence-electron chi connectivity index (χ3n) is 6.12. The first-order valence-electron chi connectivity index (χ1n) is 9.72. The average molecular weight is 430 g/mol. The molecule has 5 nitrogen and oxygen atoms in total. The smallest absolute Gasteiger partial charge is 0.251 e. The molecule has 0 radical (unpaired) electrons. The Morgan fingerprint density at radius 1 is 1.10 bits per heavy atom. The summed E-state index contributed by atoms with van der Waals surface area (Å²) in [5.41, 5.74) is 3.21. The second-order valence-corrected chi connectivity index (χ2v) is 8.19. The number of hydrogen-bond acceptors (Lipinski definition) is 3. The number of amides is 2. The molecule has 8 heteroatoms. The van der Waals surface area contributed by atoms with Gasteiger partial charge in [-0.2, -0.15) is 0 Å². The van der Waals surface area contributed by atoms with Crippen LogP contribution >= 0.6 is 11.6 Å². The number of imide groups is 1. The number of anilines is 1. The van der Waals surface area contributed by atoms with Crippen LogP contribution < -0.4 is 4.90 Å². The van der Waals surface area contributed by atoms with E-state index in [0.29, 0.717) is 18.0 Å². The number of aromatic amines is 1. The third-order valence-corrected chi connectivity index (χ3v) is 6.36. The number of aromatic nitrogens is 1. The zero-order valence-electron chi connectivity index (χ0n) is 16.1. The standard InChI is InChI=1S/C22H18ClF2N3O2/c1-11-21-14(15-8-12(23)2-5-18(15)26-21)6-7-27(11)19-10-20(29)28(22(19)30)13-3-4-16(24)17(25)9-13/h2-5,8-9,11,19,26H,6-7,10H2,1H3. The van der Waals surface area contributed by atoms with E-state index in [0.717, 1.165) is 33.6 Å². The molecule has 0 saturated carbocycles. The molecular formula is C22H18ClF2N3O2. The summed E-state index contributed by atoms with van der Waals surface area (Å²) in [5, 5.41) is 1.74. The molecule has 2 aromatic carbocycles. The van der Waals surface area contributed by atoms with Crippen LogP contribution in [0.4, 0.5) is 14.5 Å². The van der Waals surface area contributed by atoms with Gasteiger partial charge in [-0.15, -0.1) is 0 Å². The maximum Gasteiger partial charge on any atom is 0.251 e. The molecule has 1 saturated heterocycles. The van der Waals surface area contributed by atoms with Gasteiger partial charge in [0.1, 0.15) is 0 Å². The van der Waals surface area contributed by atoms with Gasteiger partial charge in [-0.3, -0.25) is 14.5 Å². The lowest BCUT2D eigenvalue weighted by Gasteiger charge is -2.36. The molecule has 2 aliphatic rings. The van der Waals surface area contributed by atoms with E-state index in [9.17, 15) is 18.4 Å². The number of carbonyl (C=O) groups excluding carboxylic acids is 2. The van der Waals surface area contributed by atoms with E-state index in [1.165, 1.54) is 11.6 Å². The molecular weight excluding hydrogens is 412 g/mol. The number of nitrogens with one attached hydrogen (secondary N) is 1. The Kier molecular flexibility index (Phi) is 4.41. The fourth-order valence-corrected chi connectivity index (χ4v) is 4.84. The Hall–Kier alpha value is -2.77. The van der Waals surface area contributed by atoms with Crippen LogP contribution in [0.25, 0.3) is 10.9 Å². The van der Waals surface area contributed by atoms with Crippen molar-refractivity contribution in [2.24, 2.45) is 0 Å². The minimum absolute atomic E-state index is 0.00353. The maximum atomic E-state index is 13.6. The molecule has 5 rings (SSSR count). The predicted molar refractivity (Wildman–Crippen MR) is 109 cm³/mol. The molecule has 30 heavy (non-hydrogen) atoms. The van der Waals surface area contributed by atoms with Crippen molar-refractivity contribution in [3.05, 3.63) is 64.3 Å². The lowest BCUT2D eigenvalue weighted by Crippen LogP contribution is -2.46. The van der Waals surface area contributed by atoms with Gasteiger partial charge in [0, 0.05) is 40.3 Å². The van der Waals surface area contributed by atoms with Gasteiger partial charge in [-0.1, -0.05) is 11.6 Å². The normalized spacial score (nSPS) is 22.2. The van der Waals surface area contributed by atoms with Gasteiger partial charge in [-0.25, -0.2) is 13.7 Å². The first-order chi connectivity index (χ1) is 14.3. The van der Waals surface area contributed by atoms with Gasteiger partial charge in [0.05, 0.1) is 18.2 Å². The summed E-state index contributed by atoms with van der Waals surface area (Å²) in [7, 11) is 0. The van der Waals surface area contributed by atoms with E-state index in [-0.39, 0.29) is 18.2 Å². The minimum atomic E-state index is -1.09. The Bertz CT molecular complexity index is 1210. The molecule has 2 unspecified atom stereocenters. The monoisotopic (exact) mass is 429 g/mol. The summed E-state index contributed by atoms with van der Waals surface area (Å²) >= 11 is 6.15. The van der Waals surface area contributed by atoms with Gasteiger partial charge in [-0.05, 0) is 49.2 Å². The fraction of sp³-hybridized carbons (Fsp3) is 0.273. The second-order valence-electron chi connectivity index (χ2n) is 7.76. The lowest BCUT2D eigenvalue weighted by molar-refractivity contribution is -0.123. The third kappa shape index (κ3) is 2.84. The molecule has 0 bridgehead atoms. The molecule has 3 aromatic rings. The van der Waals surface area contributed by atoms with Crippen molar-refractivity contribution in [2.75, 3.05) is 11.4 Å². The van der Waals surface area contributed by atoms with E-state index in [1.54, 1.807) is 0 Å². The van der Waals surface area contributed by atoms with Crippen LogP contribution in [0, 0.1) is 11.6 Å². The van der Waals surface area contributed by atoms with Crippen LogP contribution in [0.1, 0.15) is 30.6 Å². The molecule has 154 valence electrons. The zero-order valence-corrected chi connectivity index (χ0v) is 16.8. The van der Waals surface area contributed by atoms with Crippen LogP contribution in [0.2, 0.25) is 5.02 Å². The Balaban J connectivity index is 1.46. The summed E-state index contributed by atoms with van der Waals surface area (Å²) in [6.45, 7) is 2.59. The number of nitrogens with zero attached hydrogens (tertiary/aromatic N) is 2.